The number of aryl methyl sites for hydroxylation is 1. The Kier molecular flexibility index (Phi) is 7.00. The molecule has 0 radical (unpaired) electrons. The van der Waals surface area contributed by atoms with Gasteiger partial charge in [0.15, 0.2) is 5.82 Å². The summed E-state index contributed by atoms with van der Waals surface area (Å²) >= 11 is 0. The lowest BCUT2D eigenvalue weighted by molar-refractivity contribution is 0.0985. The summed E-state index contributed by atoms with van der Waals surface area (Å²) in [5.74, 6) is 0.0134. The van der Waals surface area contributed by atoms with E-state index in [1.54, 1.807) is 19.1 Å². The van der Waals surface area contributed by atoms with Crippen LogP contribution in [-0.2, 0) is 14.8 Å². The Morgan fingerprint density at radius 3 is 2.61 bits per heavy atom. The molecule has 0 unspecified atom stereocenters. The molecule has 0 spiro atoms. The van der Waals surface area contributed by atoms with Crippen LogP contribution in [0.5, 0.6) is 11.5 Å². The summed E-state index contributed by atoms with van der Waals surface area (Å²) in [6, 6.07) is 4.62. The minimum atomic E-state index is -4.14. The molecule has 1 aliphatic rings. The Labute approximate surface area is 207 Å². The molecule has 13 heteroatoms. The van der Waals surface area contributed by atoms with E-state index in [4.69, 9.17) is 9.47 Å². The van der Waals surface area contributed by atoms with Gasteiger partial charge in [0, 0.05) is 19.5 Å². The van der Waals surface area contributed by atoms with Crippen molar-refractivity contribution in [3.8, 4) is 17.2 Å². The standard InChI is InChI=1S/C23H23N7O5S/c1-14-11-26-17(13-25-14)21(35-4)15(2)36(32,33)29-23-28-27-22(16-7-6-10-24-12-16)30(23)20-18(31)8-5-9-19(20)34-3/h5,8-13,15,21,31H,1-4H3,(H,28,29)/t15-,21-/m0/s1. The van der Waals surface area contributed by atoms with E-state index in [0.717, 1.165) is 0 Å². The van der Waals surface area contributed by atoms with Gasteiger partial charge in [0.25, 0.3) is 0 Å². The molecule has 2 N–H and O–H groups in total. The second kappa shape index (κ2) is 10.1. The second-order valence-corrected chi connectivity index (χ2v) is 9.73. The van der Waals surface area contributed by atoms with Crippen LogP contribution in [0.2, 0.25) is 0 Å². The average Bonchev–Trinajstić information content (AvgIpc) is 3.28. The minimum absolute atomic E-state index is 0.121. The molecule has 0 fully saturated rings. The highest BCUT2D eigenvalue weighted by Gasteiger charge is 2.34. The third-order valence-corrected chi connectivity index (χ3v) is 7.06. The molecule has 0 saturated carbocycles. The number of aliphatic imine (C=N–C) groups is 1. The predicted octanol–water partition coefficient (Wildman–Crippen LogP) is 2.33. The lowest BCUT2D eigenvalue weighted by atomic mass is 10.2. The lowest BCUT2D eigenvalue weighted by Gasteiger charge is -2.23. The molecule has 186 valence electrons. The van der Waals surface area contributed by atoms with Gasteiger partial charge in [0.2, 0.25) is 16.0 Å². The molecule has 3 heterocycles. The number of aromatic hydroxyl groups is 1. The molecule has 0 amide bonds. The van der Waals surface area contributed by atoms with Gasteiger partial charge in [-0.25, -0.2) is 8.42 Å². The monoisotopic (exact) mass is 509 g/mol. The number of rotatable bonds is 9. The third-order valence-electron chi connectivity index (χ3n) is 5.37. The first-order valence-corrected chi connectivity index (χ1v) is 12.2. The van der Waals surface area contributed by atoms with Crippen LogP contribution in [0.4, 0.5) is 5.95 Å². The fraction of sp³-hybridized carbons (Fsp3) is 0.261. The normalized spacial score (nSPS) is 14.4. The van der Waals surface area contributed by atoms with Gasteiger partial charge in [-0.2, -0.15) is 0 Å². The molecule has 2 atom stereocenters. The van der Waals surface area contributed by atoms with Crippen LogP contribution in [0.15, 0.2) is 53.2 Å². The third kappa shape index (κ3) is 4.77. The number of benzene rings is 1. The summed E-state index contributed by atoms with van der Waals surface area (Å²) in [7, 11) is -1.33. The lowest BCUT2D eigenvalue weighted by Crippen LogP contribution is -2.33. The van der Waals surface area contributed by atoms with Gasteiger partial charge in [-0.05, 0) is 31.7 Å². The maximum atomic E-state index is 13.5. The van der Waals surface area contributed by atoms with Crippen molar-refractivity contribution in [1.29, 1.82) is 0 Å². The number of allylic oxidation sites excluding steroid dienone is 1. The number of hydrogen-bond donors (Lipinski definition) is 2. The first kappa shape index (κ1) is 24.8. The van der Waals surface area contributed by atoms with E-state index >= 15 is 0 Å². The van der Waals surface area contributed by atoms with E-state index in [0.29, 0.717) is 17.0 Å². The van der Waals surface area contributed by atoms with Crippen molar-refractivity contribution in [3.63, 3.8) is 0 Å². The van der Waals surface area contributed by atoms with E-state index < -0.39 is 21.4 Å². The first-order valence-electron chi connectivity index (χ1n) is 10.6. The Balaban J connectivity index is 1.81. The summed E-state index contributed by atoms with van der Waals surface area (Å²) in [5, 5.41) is 17.8. The van der Waals surface area contributed by atoms with Crippen LogP contribution in [0.3, 0.4) is 0 Å². The number of ether oxygens (including phenoxy) is 2. The van der Waals surface area contributed by atoms with Crippen molar-refractivity contribution >= 4 is 27.8 Å². The quantitative estimate of drug-likeness (QED) is 0.414. The highest BCUT2D eigenvalue weighted by atomic mass is 32.2. The number of phenols is 1. The number of para-hydroxylation sites is 1. The van der Waals surface area contributed by atoms with Gasteiger partial charge in [-0.15, -0.1) is 10.2 Å². The number of nitrogens with one attached hydrogen (secondary N) is 1. The summed E-state index contributed by atoms with van der Waals surface area (Å²) in [6.45, 7) is 3.25. The number of nitrogens with zero attached hydrogens (tertiary/aromatic N) is 6. The molecule has 36 heavy (non-hydrogen) atoms. The topological polar surface area (TPSA) is 154 Å². The van der Waals surface area contributed by atoms with Crippen LogP contribution < -0.4 is 9.46 Å². The van der Waals surface area contributed by atoms with Crippen LogP contribution in [0, 0.1) is 6.92 Å². The van der Waals surface area contributed by atoms with E-state index in [2.05, 4.69) is 41.3 Å². The van der Waals surface area contributed by atoms with Crippen LogP contribution >= 0.6 is 0 Å². The second-order valence-electron chi connectivity index (χ2n) is 7.69. The van der Waals surface area contributed by atoms with E-state index in [1.165, 1.54) is 56.6 Å². The molecule has 0 bridgehead atoms. The number of hydrogen-bond acceptors (Lipinski definition) is 10. The zero-order chi connectivity index (χ0) is 25.9. The van der Waals surface area contributed by atoms with Crippen molar-refractivity contribution in [2.24, 2.45) is 4.99 Å². The highest BCUT2D eigenvalue weighted by molar-refractivity contribution is 7.93. The first-order chi connectivity index (χ1) is 17.3. The maximum absolute atomic E-state index is 13.5. The SMILES string of the molecule is COc1cccc(O)c1-n1c(NS(=O)(=O)[C@@H](C)[C@H](OC)c2cnc(C)cn2)nnc1C1=C=C=CN=C1. The maximum Gasteiger partial charge on any atom is 0.243 e. The molecular formula is C23H23N7O5S. The largest absolute Gasteiger partial charge is 0.506 e. The zero-order valence-corrected chi connectivity index (χ0v) is 20.7. The van der Waals surface area contributed by atoms with Gasteiger partial charge < -0.3 is 14.6 Å². The van der Waals surface area contributed by atoms with E-state index in [9.17, 15) is 13.5 Å². The number of sulfonamides is 1. The summed E-state index contributed by atoms with van der Waals surface area (Å²) in [6.07, 6.45) is 4.95. The van der Waals surface area contributed by atoms with Crippen molar-refractivity contribution < 1.29 is 23.0 Å². The van der Waals surface area contributed by atoms with Crippen LogP contribution in [0.1, 0.15) is 30.2 Å². The van der Waals surface area contributed by atoms with Crippen molar-refractivity contribution in [1.82, 2.24) is 24.7 Å². The Bertz CT molecular complexity index is 1520. The predicted molar refractivity (Wildman–Crippen MR) is 132 cm³/mol. The summed E-state index contributed by atoms with van der Waals surface area (Å²) in [5.41, 5.74) is 7.10. The molecule has 2 aromatic heterocycles. The number of aromatic nitrogens is 5. The molecule has 12 nitrogen and oxygen atoms in total. The zero-order valence-electron chi connectivity index (χ0n) is 19.9. The van der Waals surface area contributed by atoms with Gasteiger partial charge in [0.05, 0.1) is 36.5 Å². The molecule has 3 aromatic rings. The molecule has 0 saturated heterocycles. The Morgan fingerprint density at radius 2 is 1.97 bits per heavy atom. The van der Waals surface area contributed by atoms with Crippen molar-refractivity contribution in [3.05, 3.63) is 65.5 Å². The van der Waals surface area contributed by atoms with Crippen LogP contribution in [0.25, 0.3) is 11.3 Å². The Morgan fingerprint density at radius 1 is 1.17 bits per heavy atom. The van der Waals surface area contributed by atoms with Gasteiger partial charge in [-0.1, -0.05) is 11.8 Å². The molecule has 1 aliphatic heterocycles. The number of phenolic OH excluding ortho intramolecular Hbond substituents is 1. The van der Waals surface area contributed by atoms with Crippen LogP contribution in [-0.4, -0.2) is 63.9 Å². The molecule has 0 aliphatic carbocycles. The van der Waals surface area contributed by atoms with Gasteiger partial charge in [0.1, 0.15) is 28.5 Å². The van der Waals surface area contributed by atoms with E-state index in [1.807, 2.05) is 0 Å². The minimum Gasteiger partial charge on any atom is -0.506 e. The van der Waals surface area contributed by atoms with E-state index in [-0.39, 0.29) is 29.0 Å². The van der Waals surface area contributed by atoms with Crippen molar-refractivity contribution in [2.45, 2.75) is 25.2 Å². The highest BCUT2D eigenvalue weighted by Crippen LogP contribution is 2.36. The van der Waals surface area contributed by atoms with Gasteiger partial charge >= 0.3 is 0 Å². The number of methoxy groups -OCH3 is 2. The average molecular weight is 510 g/mol. The molecule has 1 aromatic carbocycles. The summed E-state index contributed by atoms with van der Waals surface area (Å²) < 4.78 is 41.6. The molecule has 4 rings (SSSR count). The fourth-order valence-electron chi connectivity index (χ4n) is 3.53. The fourth-order valence-corrected chi connectivity index (χ4v) is 4.68. The summed E-state index contributed by atoms with van der Waals surface area (Å²) in [4.78, 5) is 12.5. The smallest absolute Gasteiger partial charge is 0.243 e. The Hall–Kier alpha value is -4.28. The van der Waals surface area contributed by atoms with Crippen molar-refractivity contribution in [2.75, 3.05) is 18.9 Å². The molecular weight excluding hydrogens is 486 g/mol. The number of anilines is 1. The van der Waals surface area contributed by atoms with Gasteiger partial charge in [-0.3, -0.25) is 24.2 Å².